The molecule has 1 aliphatic rings. The predicted molar refractivity (Wildman–Crippen MR) is 144 cm³/mol. The molecule has 0 radical (unpaired) electrons. The minimum absolute atomic E-state index is 0.191. The van der Waals surface area contributed by atoms with E-state index in [4.69, 9.17) is 14.2 Å². The van der Waals surface area contributed by atoms with Gasteiger partial charge in [0, 0.05) is 35.3 Å². The van der Waals surface area contributed by atoms with Gasteiger partial charge in [-0.25, -0.2) is 14.2 Å². The second kappa shape index (κ2) is 11.8. The van der Waals surface area contributed by atoms with Crippen LogP contribution in [0.4, 0.5) is 9.18 Å². The van der Waals surface area contributed by atoms with E-state index >= 15 is 0 Å². The Kier molecular flexibility index (Phi) is 8.91. The van der Waals surface area contributed by atoms with Crippen molar-refractivity contribution in [1.29, 1.82) is 5.26 Å². The maximum absolute atomic E-state index is 14.1. The molecule has 2 amide bonds. The molecule has 39 heavy (non-hydrogen) atoms. The van der Waals surface area contributed by atoms with Gasteiger partial charge >= 0.3 is 6.09 Å². The van der Waals surface area contributed by atoms with E-state index in [1.54, 1.807) is 46.8 Å². The van der Waals surface area contributed by atoms with Gasteiger partial charge in [-0.3, -0.25) is 4.79 Å². The molecule has 208 valence electrons. The SMILES string of the molecule is CC[C@@H]1[C@H](F)C(=O)N[C@@H]1CCOc1ncc(C#CC(C)(C)NC(=O)OC(C)(C)C)c2cc(C#N)c(OC)cc12. The maximum atomic E-state index is 14.1. The number of alkyl halides is 1. The number of aromatic nitrogens is 1. The smallest absolute Gasteiger partial charge is 0.408 e. The van der Waals surface area contributed by atoms with Crippen LogP contribution in [0.3, 0.4) is 0 Å². The predicted octanol–water partition coefficient (Wildman–Crippen LogP) is 4.40. The van der Waals surface area contributed by atoms with Crippen molar-refractivity contribution in [3.63, 3.8) is 0 Å². The molecule has 3 rings (SSSR count). The number of fused-ring (bicyclic) bond motifs is 1. The van der Waals surface area contributed by atoms with Crippen LogP contribution >= 0.6 is 0 Å². The molecule has 2 heterocycles. The quantitative estimate of drug-likeness (QED) is 0.501. The van der Waals surface area contributed by atoms with Gasteiger partial charge < -0.3 is 24.8 Å². The number of hydrogen-bond donors (Lipinski definition) is 2. The average molecular weight is 539 g/mol. The first kappa shape index (κ1) is 29.5. The molecule has 1 aliphatic heterocycles. The van der Waals surface area contributed by atoms with Crippen LogP contribution in [-0.4, -0.2) is 54.1 Å². The molecule has 0 spiro atoms. The molecule has 9 nitrogen and oxygen atoms in total. The maximum Gasteiger partial charge on any atom is 0.408 e. The molecular weight excluding hydrogens is 503 g/mol. The molecular formula is C29H35FN4O5. The molecule has 1 saturated heterocycles. The third-order valence-electron chi connectivity index (χ3n) is 6.22. The number of benzene rings is 1. The van der Waals surface area contributed by atoms with Crippen LogP contribution in [0.25, 0.3) is 10.8 Å². The lowest BCUT2D eigenvalue weighted by Crippen LogP contribution is -2.44. The van der Waals surface area contributed by atoms with E-state index in [0.29, 0.717) is 46.4 Å². The number of ether oxygens (including phenoxy) is 3. The highest BCUT2D eigenvalue weighted by Gasteiger charge is 2.41. The number of rotatable bonds is 7. The van der Waals surface area contributed by atoms with Crippen molar-refractivity contribution >= 4 is 22.8 Å². The van der Waals surface area contributed by atoms with Crippen LogP contribution in [0.15, 0.2) is 18.3 Å². The summed E-state index contributed by atoms with van der Waals surface area (Å²) in [6.07, 6.45) is 0.373. The summed E-state index contributed by atoms with van der Waals surface area (Å²) >= 11 is 0. The normalized spacial score (nSPS) is 18.9. The number of carbonyl (C=O) groups excluding carboxylic acids is 2. The summed E-state index contributed by atoms with van der Waals surface area (Å²) in [5.41, 5.74) is -0.746. The lowest BCUT2D eigenvalue weighted by Gasteiger charge is -2.24. The molecule has 3 atom stereocenters. The third kappa shape index (κ3) is 7.29. The number of carbonyl (C=O) groups is 2. The fraction of sp³-hybridized carbons (Fsp3) is 0.517. The topological polar surface area (TPSA) is 123 Å². The minimum Gasteiger partial charge on any atom is -0.495 e. The van der Waals surface area contributed by atoms with E-state index in [1.807, 2.05) is 6.92 Å². The largest absolute Gasteiger partial charge is 0.495 e. The highest BCUT2D eigenvalue weighted by atomic mass is 19.1. The van der Waals surface area contributed by atoms with Gasteiger partial charge in [0.25, 0.3) is 5.91 Å². The third-order valence-corrected chi connectivity index (χ3v) is 6.22. The Labute approximate surface area is 228 Å². The number of hydrogen-bond acceptors (Lipinski definition) is 7. The van der Waals surface area contributed by atoms with Crippen LogP contribution in [0.5, 0.6) is 11.6 Å². The Bertz CT molecular complexity index is 1350. The summed E-state index contributed by atoms with van der Waals surface area (Å²) in [5, 5.41) is 16.3. The zero-order chi connectivity index (χ0) is 29.0. The number of nitrogens with zero attached hydrogens (tertiary/aromatic N) is 2. The van der Waals surface area contributed by atoms with Gasteiger partial charge in [0.1, 0.15) is 17.4 Å². The number of nitrogens with one attached hydrogen (secondary N) is 2. The first-order chi connectivity index (χ1) is 18.3. The average Bonchev–Trinajstić information content (AvgIpc) is 3.12. The lowest BCUT2D eigenvalue weighted by atomic mass is 9.94. The molecule has 1 aromatic carbocycles. The minimum atomic E-state index is -1.51. The molecule has 2 aromatic rings. The second-order valence-electron chi connectivity index (χ2n) is 10.9. The molecule has 2 N–H and O–H groups in total. The number of alkyl carbamates (subject to hydrolysis) is 1. The summed E-state index contributed by atoms with van der Waals surface area (Å²) < 4.78 is 30.8. The van der Waals surface area contributed by atoms with E-state index < -0.39 is 35.2 Å². The molecule has 0 aliphatic carbocycles. The highest BCUT2D eigenvalue weighted by molar-refractivity contribution is 5.94. The molecule has 1 aromatic heterocycles. The Balaban J connectivity index is 1.90. The second-order valence-corrected chi connectivity index (χ2v) is 10.9. The molecule has 0 saturated carbocycles. The summed E-state index contributed by atoms with van der Waals surface area (Å²) in [6, 6.07) is 5.11. The number of pyridine rings is 1. The van der Waals surface area contributed by atoms with Crippen LogP contribution in [0.2, 0.25) is 0 Å². The molecule has 1 fully saturated rings. The Hall–Kier alpha value is -4.05. The van der Waals surface area contributed by atoms with Crippen molar-refractivity contribution in [3.05, 3.63) is 29.5 Å². The van der Waals surface area contributed by atoms with Gasteiger partial charge in [0.2, 0.25) is 5.88 Å². The van der Waals surface area contributed by atoms with Gasteiger partial charge in [-0.1, -0.05) is 18.8 Å². The number of halogens is 1. The molecule has 0 bridgehead atoms. The van der Waals surface area contributed by atoms with E-state index in [0.717, 1.165) is 0 Å². The fourth-order valence-electron chi connectivity index (χ4n) is 4.35. The number of amides is 2. The van der Waals surface area contributed by atoms with E-state index in [-0.39, 0.29) is 12.6 Å². The molecule has 0 unspecified atom stereocenters. The fourth-order valence-corrected chi connectivity index (χ4v) is 4.35. The van der Waals surface area contributed by atoms with Crippen molar-refractivity contribution < 1.29 is 28.2 Å². The van der Waals surface area contributed by atoms with Gasteiger partial charge in [0.05, 0.1) is 30.4 Å². The van der Waals surface area contributed by atoms with E-state index in [2.05, 4.69) is 33.5 Å². The zero-order valence-electron chi connectivity index (χ0n) is 23.4. The van der Waals surface area contributed by atoms with E-state index in [1.165, 1.54) is 13.3 Å². The van der Waals surface area contributed by atoms with Crippen LogP contribution in [0.1, 0.15) is 65.5 Å². The van der Waals surface area contributed by atoms with Crippen molar-refractivity contribution in [2.45, 2.75) is 77.7 Å². The van der Waals surface area contributed by atoms with Gasteiger partial charge in [0.15, 0.2) is 6.17 Å². The number of nitriles is 1. The zero-order valence-corrected chi connectivity index (χ0v) is 23.4. The summed E-state index contributed by atoms with van der Waals surface area (Å²) in [5.74, 6) is 5.75. The van der Waals surface area contributed by atoms with Crippen molar-refractivity contribution in [2.75, 3.05) is 13.7 Å². The van der Waals surface area contributed by atoms with Crippen molar-refractivity contribution in [3.8, 4) is 29.5 Å². The highest BCUT2D eigenvalue weighted by Crippen LogP contribution is 2.33. The van der Waals surface area contributed by atoms with Crippen molar-refractivity contribution in [2.24, 2.45) is 5.92 Å². The Morgan fingerprint density at radius 3 is 2.54 bits per heavy atom. The standard InChI is InChI=1S/C29H35FN4O5/c1-8-19-22(33-25(35)24(19)30)10-12-38-26-21-14-23(37-7)18(15-31)13-20(21)17(16-32-26)9-11-29(5,6)34-27(36)39-28(2,3)4/h13-14,16,19,22,24H,8,10,12H2,1-7H3,(H,33,35)(H,34,36)/t19-,22+,24-/m0/s1. The molecule has 10 heteroatoms. The van der Waals surface area contributed by atoms with Crippen LogP contribution in [0, 0.1) is 29.1 Å². The van der Waals surface area contributed by atoms with Gasteiger partial charge in [-0.2, -0.15) is 5.26 Å². The summed E-state index contributed by atoms with van der Waals surface area (Å²) in [7, 11) is 1.46. The summed E-state index contributed by atoms with van der Waals surface area (Å²) in [4.78, 5) is 28.4. The van der Waals surface area contributed by atoms with Gasteiger partial charge in [-0.15, -0.1) is 0 Å². The number of methoxy groups -OCH3 is 1. The van der Waals surface area contributed by atoms with E-state index in [9.17, 15) is 19.2 Å². The lowest BCUT2D eigenvalue weighted by molar-refractivity contribution is -0.123. The Morgan fingerprint density at radius 2 is 1.92 bits per heavy atom. The monoisotopic (exact) mass is 538 g/mol. The van der Waals surface area contributed by atoms with Crippen LogP contribution in [-0.2, 0) is 9.53 Å². The first-order valence-electron chi connectivity index (χ1n) is 12.8. The van der Waals surface area contributed by atoms with Gasteiger partial charge in [-0.05, 0) is 53.2 Å². The summed E-state index contributed by atoms with van der Waals surface area (Å²) in [6.45, 7) is 10.9. The Morgan fingerprint density at radius 1 is 1.21 bits per heavy atom. The first-order valence-corrected chi connectivity index (χ1v) is 12.8. The van der Waals surface area contributed by atoms with Crippen LogP contribution < -0.4 is 20.1 Å². The van der Waals surface area contributed by atoms with Crippen molar-refractivity contribution in [1.82, 2.24) is 15.6 Å².